The molecule has 1 rings (SSSR count). The zero-order chi connectivity index (χ0) is 13.9. The van der Waals surface area contributed by atoms with Crippen LogP contribution in [0, 0.1) is 11.8 Å². The molecule has 1 N–H and O–H groups in total. The van der Waals surface area contributed by atoms with Gasteiger partial charge in [0.15, 0.2) is 0 Å². The molecule has 0 aliphatic carbocycles. The predicted octanol–water partition coefficient (Wildman–Crippen LogP) is 0.896. The molecule has 2 atom stereocenters. The number of carboxylic acid groups (broad SMARTS) is 1. The molecule has 104 valence electrons. The summed E-state index contributed by atoms with van der Waals surface area (Å²) in [6.07, 6.45) is 0.836. The Labute approximate surface area is 109 Å². The molecule has 1 aliphatic rings. The van der Waals surface area contributed by atoms with Crippen LogP contribution in [-0.4, -0.2) is 59.5 Å². The predicted molar refractivity (Wildman–Crippen MR) is 69.3 cm³/mol. The van der Waals surface area contributed by atoms with Gasteiger partial charge in [-0.15, -0.1) is 0 Å². The SMILES string of the molecule is CC(C)CN1CC[C@@H](C(=O)N(C)[C@H](C)C(=O)O)C1. The van der Waals surface area contributed by atoms with E-state index in [9.17, 15) is 9.59 Å². The zero-order valence-corrected chi connectivity index (χ0v) is 11.7. The van der Waals surface area contributed by atoms with Gasteiger partial charge in [0, 0.05) is 20.1 Å². The molecule has 0 aromatic heterocycles. The van der Waals surface area contributed by atoms with Crippen LogP contribution in [0.3, 0.4) is 0 Å². The highest BCUT2D eigenvalue weighted by Gasteiger charge is 2.33. The van der Waals surface area contributed by atoms with E-state index in [-0.39, 0.29) is 11.8 Å². The minimum atomic E-state index is -0.956. The summed E-state index contributed by atoms with van der Waals surface area (Å²) in [5.74, 6) is -0.455. The molecule has 1 heterocycles. The number of hydrogen-bond acceptors (Lipinski definition) is 3. The molecule has 0 saturated carbocycles. The first-order valence-electron chi connectivity index (χ1n) is 6.54. The van der Waals surface area contributed by atoms with Gasteiger partial charge in [-0.2, -0.15) is 0 Å². The first kappa shape index (κ1) is 15.0. The van der Waals surface area contributed by atoms with Crippen LogP contribution in [0.15, 0.2) is 0 Å². The van der Waals surface area contributed by atoms with E-state index in [0.717, 1.165) is 26.1 Å². The number of carbonyl (C=O) groups excluding carboxylic acids is 1. The van der Waals surface area contributed by atoms with E-state index in [1.807, 2.05) is 0 Å². The maximum atomic E-state index is 12.2. The van der Waals surface area contributed by atoms with E-state index in [2.05, 4.69) is 18.7 Å². The highest BCUT2D eigenvalue weighted by Crippen LogP contribution is 2.20. The van der Waals surface area contributed by atoms with Gasteiger partial charge in [0.25, 0.3) is 0 Å². The second-order valence-corrected chi connectivity index (χ2v) is 5.60. The topological polar surface area (TPSA) is 60.9 Å². The van der Waals surface area contributed by atoms with Crippen molar-refractivity contribution in [3.05, 3.63) is 0 Å². The lowest BCUT2D eigenvalue weighted by Crippen LogP contribution is -2.44. The third kappa shape index (κ3) is 3.70. The number of amides is 1. The molecule has 0 unspecified atom stereocenters. The summed E-state index contributed by atoms with van der Waals surface area (Å²) >= 11 is 0. The average Bonchev–Trinajstić information content (AvgIpc) is 2.73. The number of carboxylic acids is 1. The van der Waals surface area contributed by atoms with Gasteiger partial charge in [0.1, 0.15) is 6.04 Å². The van der Waals surface area contributed by atoms with Crippen molar-refractivity contribution < 1.29 is 14.7 Å². The van der Waals surface area contributed by atoms with Crippen LogP contribution in [0.4, 0.5) is 0 Å². The number of likely N-dealkylation sites (tertiary alicyclic amines) is 1. The Balaban J connectivity index is 2.51. The zero-order valence-electron chi connectivity index (χ0n) is 11.7. The molecule has 1 fully saturated rings. The summed E-state index contributed by atoms with van der Waals surface area (Å²) in [6.45, 7) is 8.56. The standard InChI is InChI=1S/C13H24N2O3/c1-9(2)7-15-6-5-11(8-15)12(16)14(4)10(3)13(17)18/h9-11H,5-8H2,1-4H3,(H,17,18)/t10-,11-/m1/s1. The van der Waals surface area contributed by atoms with Crippen LogP contribution in [-0.2, 0) is 9.59 Å². The van der Waals surface area contributed by atoms with E-state index in [1.165, 1.54) is 4.90 Å². The summed E-state index contributed by atoms with van der Waals surface area (Å²) in [6, 6.07) is -0.753. The van der Waals surface area contributed by atoms with Crippen molar-refractivity contribution >= 4 is 11.9 Å². The van der Waals surface area contributed by atoms with Gasteiger partial charge < -0.3 is 14.9 Å². The van der Waals surface area contributed by atoms with Gasteiger partial charge in [-0.25, -0.2) is 4.79 Å². The number of aliphatic carboxylic acids is 1. The molecule has 0 aromatic carbocycles. The van der Waals surface area contributed by atoms with Crippen molar-refractivity contribution in [1.82, 2.24) is 9.80 Å². The average molecular weight is 256 g/mol. The second kappa shape index (κ2) is 6.18. The van der Waals surface area contributed by atoms with Crippen LogP contribution in [0.5, 0.6) is 0 Å². The third-order valence-electron chi connectivity index (χ3n) is 3.53. The Morgan fingerprint density at radius 1 is 1.39 bits per heavy atom. The first-order valence-corrected chi connectivity index (χ1v) is 6.54. The summed E-state index contributed by atoms with van der Waals surface area (Å²) in [4.78, 5) is 26.7. The quantitative estimate of drug-likeness (QED) is 0.794. The highest BCUT2D eigenvalue weighted by molar-refractivity contribution is 5.84. The van der Waals surface area contributed by atoms with Gasteiger partial charge in [-0.3, -0.25) is 4.79 Å². The normalized spacial score (nSPS) is 22.2. The summed E-state index contributed by atoms with van der Waals surface area (Å²) in [5, 5.41) is 8.91. The summed E-state index contributed by atoms with van der Waals surface area (Å²) in [7, 11) is 1.58. The lowest BCUT2D eigenvalue weighted by Gasteiger charge is -2.25. The molecule has 5 heteroatoms. The number of rotatable bonds is 5. The Hall–Kier alpha value is -1.10. The van der Waals surface area contributed by atoms with Crippen LogP contribution in [0.1, 0.15) is 27.2 Å². The fraction of sp³-hybridized carbons (Fsp3) is 0.846. The van der Waals surface area contributed by atoms with Crippen LogP contribution in [0.25, 0.3) is 0 Å². The smallest absolute Gasteiger partial charge is 0.326 e. The second-order valence-electron chi connectivity index (χ2n) is 5.60. The van der Waals surface area contributed by atoms with Gasteiger partial charge in [-0.1, -0.05) is 13.8 Å². The van der Waals surface area contributed by atoms with Gasteiger partial charge in [-0.05, 0) is 25.8 Å². The van der Waals surface area contributed by atoms with E-state index in [4.69, 9.17) is 5.11 Å². The van der Waals surface area contributed by atoms with E-state index >= 15 is 0 Å². The van der Waals surface area contributed by atoms with Crippen LogP contribution >= 0.6 is 0 Å². The largest absolute Gasteiger partial charge is 0.480 e. The molecule has 0 spiro atoms. The lowest BCUT2D eigenvalue weighted by atomic mass is 10.1. The summed E-state index contributed by atoms with van der Waals surface area (Å²) < 4.78 is 0. The monoisotopic (exact) mass is 256 g/mol. The molecule has 1 amide bonds. The Morgan fingerprint density at radius 2 is 2.00 bits per heavy atom. The maximum Gasteiger partial charge on any atom is 0.326 e. The maximum absolute atomic E-state index is 12.2. The molecule has 18 heavy (non-hydrogen) atoms. The minimum absolute atomic E-state index is 0.0452. The fourth-order valence-corrected chi connectivity index (χ4v) is 2.36. The van der Waals surface area contributed by atoms with E-state index in [1.54, 1.807) is 14.0 Å². The van der Waals surface area contributed by atoms with Crippen molar-refractivity contribution in [2.75, 3.05) is 26.7 Å². The molecule has 5 nitrogen and oxygen atoms in total. The highest BCUT2D eigenvalue weighted by atomic mass is 16.4. The molecule has 0 bridgehead atoms. The van der Waals surface area contributed by atoms with Crippen molar-refractivity contribution in [2.24, 2.45) is 11.8 Å². The molecule has 0 aromatic rings. The number of nitrogens with zero attached hydrogens (tertiary/aromatic N) is 2. The van der Waals surface area contributed by atoms with Crippen molar-refractivity contribution in [3.8, 4) is 0 Å². The summed E-state index contributed by atoms with van der Waals surface area (Å²) in [5.41, 5.74) is 0. The number of hydrogen-bond donors (Lipinski definition) is 1. The number of carbonyl (C=O) groups is 2. The molecular weight excluding hydrogens is 232 g/mol. The van der Waals surface area contributed by atoms with Gasteiger partial charge in [0.2, 0.25) is 5.91 Å². The molecule has 1 aliphatic heterocycles. The number of likely N-dealkylation sites (N-methyl/N-ethyl adjacent to an activating group) is 1. The molecule has 1 saturated heterocycles. The van der Waals surface area contributed by atoms with Gasteiger partial charge >= 0.3 is 5.97 Å². The minimum Gasteiger partial charge on any atom is -0.480 e. The lowest BCUT2D eigenvalue weighted by molar-refractivity contribution is -0.149. The van der Waals surface area contributed by atoms with Crippen molar-refractivity contribution in [1.29, 1.82) is 0 Å². The molecule has 0 radical (unpaired) electrons. The first-order chi connectivity index (χ1) is 8.32. The van der Waals surface area contributed by atoms with Crippen molar-refractivity contribution in [3.63, 3.8) is 0 Å². The fourth-order valence-electron chi connectivity index (χ4n) is 2.36. The van der Waals surface area contributed by atoms with Crippen LogP contribution < -0.4 is 0 Å². The van der Waals surface area contributed by atoms with E-state index in [0.29, 0.717) is 5.92 Å². The Bertz CT molecular complexity index is 317. The molecular formula is C13H24N2O3. The van der Waals surface area contributed by atoms with Gasteiger partial charge in [0.05, 0.1) is 5.92 Å². The Morgan fingerprint density at radius 3 is 2.50 bits per heavy atom. The Kier molecular flexibility index (Phi) is 5.14. The van der Waals surface area contributed by atoms with E-state index < -0.39 is 12.0 Å². The van der Waals surface area contributed by atoms with Crippen LogP contribution in [0.2, 0.25) is 0 Å². The third-order valence-corrected chi connectivity index (χ3v) is 3.53. The van der Waals surface area contributed by atoms with Crippen molar-refractivity contribution in [2.45, 2.75) is 33.2 Å².